The van der Waals surface area contributed by atoms with Crippen LogP contribution in [0, 0.1) is 0 Å². The molecule has 2 heteroatoms. The Morgan fingerprint density at radius 1 is 1.60 bits per heavy atom. The second-order valence-corrected chi connectivity index (χ2v) is 3.57. The lowest BCUT2D eigenvalue weighted by molar-refractivity contribution is 0.159. The van der Waals surface area contributed by atoms with Gasteiger partial charge in [0, 0.05) is 12.1 Å². The summed E-state index contributed by atoms with van der Waals surface area (Å²) in [7, 11) is 2.17. The largest absolute Gasteiger partial charge is 0.310 e. The molecule has 1 rings (SSSR count). The van der Waals surface area contributed by atoms with Crippen molar-refractivity contribution in [1.29, 1.82) is 0 Å². The van der Waals surface area contributed by atoms with Gasteiger partial charge in [0.25, 0.3) is 0 Å². The van der Waals surface area contributed by atoms with Crippen LogP contribution in [0.5, 0.6) is 0 Å². The van der Waals surface area contributed by atoms with Crippen LogP contribution < -0.4 is 5.32 Å². The Kier molecular flexibility index (Phi) is 2.32. The van der Waals surface area contributed by atoms with Crippen molar-refractivity contribution in [3.05, 3.63) is 0 Å². The minimum Gasteiger partial charge on any atom is -0.310 e. The second-order valence-electron chi connectivity index (χ2n) is 3.57. The molecule has 0 aromatic carbocycles. The van der Waals surface area contributed by atoms with Gasteiger partial charge in [-0.25, -0.2) is 0 Å². The molecule has 0 radical (unpaired) electrons. The maximum Gasteiger partial charge on any atom is 0.0292 e. The van der Waals surface area contributed by atoms with E-state index < -0.39 is 0 Å². The average molecular weight is 142 g/mol. The van der Waals surface area contributed by atoms with Crippen LogP contribution in [-0.2, 0) is 0 Å². The van der Waals surface area contributed by atoms with Crippen LogP contribution in [0.4, 0.5) is 0 Å². The first-order valence-corrected chi connectivity index (χ1v) is 4.10. The van der Waals surface area contributed by atoms with Crippen LogP contribution >= 0.6 is 0 Å². The van der Waals surface area contributed by atoms with Crippen molar-refractivity contribution in [2.24, 2.45) is 0 Å². The molecule has 0 bridgehead atoms. The van der Waals surface area contributed by atoms with Crippen molar-refractivity contribution in [2.45, 2.75) is 25.8 Å². The van der Waals surface area contributed by atoms with Gasteiger partial charge in [0.1, 0.15) is 0 Å². The lowest BCUT2D eigenvalue weighted by atomic mass is 9.90. The number of nitrogens with zero attached hydrogens (tertiary/aromatic N) is 1. The van der Waals surface area contributed by atoms with Crippen LogP contribution in [0.15, 0.2) is 0 Å². The highest BCUT2D eigenvalue weighted by molar-refractivity contribution is 4.94. The zero-order valence-electron chi connectivity index (χ0n) is 7.28. The smallest absolute Gasteiger partial charge is 0.0292 e. The van der Waals surface area contributed by atoms with Gasteiger partial charge in [0.15, 0.2) is 0 Å². The molecule has 1 atom stereocenters. The van der Waals surface area contributed by atoms with Crippen molar-refractivity contribution in [3.8, 4) is 0 Å². The molecule has 0 saturated carbocycles. The maximum absolute atomic E-state index is 3.45. The Morgan fingerprint density at radius 3 is 2.50 bits per heavy atom. The van der Waals surface area contributed by atoms with E-state index in [1.807, 2.05) is 0 Å². The minimum absolute atomic E-state index is 0.421. The Morgan fingerprint density at radius 2 is 2.20 bits per heavy atom. The summed E-state index contributed by atoms with van der Waals surface area (Å²) in [5, 5.41) is 3.45. The van der Waals surface area contributed by atoms with Gasteiger partial charge < -0.3 is 10.2 Å². The molecule has 0 aliphatic carbocycles. The predicted molar refractivity (Wildman–Crippen MR) is 44.2 cm³/mol. The third-order valence-corrected chi connectivity index (χ3v) is 2.39. The van der Waals surface area contributed by atoms with E-state index in [4.69, 9.17) is 0 Å². The van der Waals surface area contributed by atoms with Gasteiger partial charge in [-0.05, 0) is 33.5 Å². The Bertz CT molecular complexity index is 108. The van der Waals surface area contributed by atoms with Crippen molar-refractivity contribution in [2.75, 3.05) is 26.7 Å². The van der Waals surface area contributed by atoms with E-state index in [2.05, 4.69) is 31.1 Å². The van der Waals surface area contributed by atoms with Crippen LogP contribution in [0.3, 0.4) is 0 Å². The first kappa shape index (κ1) is 8.02. The molecule has 0 amide bonds. The quantitative estimate of drug-likeness (QED) is 0.623. The number of hydrogen-bond donors (Lipinski definition) is 1. The molecule has 10 heavy (non-hydrogen) atoms. The van der Waals surface area contributed by atoms with E-state index >= 15 is 0 Å². The van der Waals surface area contributed by atoms with Crippen molar-refractivity contribution >= 4 is 0 Å². The van der Waals surface area contributed by atoms with Gasteiger partial charge >= 0.3 is 0 Å². The molecular formula is C8H18N2. The molecule has 1 saturated heterocycles. The first-order chi connectivity index (χ1) is 4.66. The predicted octanol–water partition coefficient (Wildman–Crippen LogP) is 0.690. The maximum atomic E-state index is 3.45. The summed E-state index contributed by atoms with van der Waals surface area (Å²) < 4.78 is 0. The molecule has 1 fully saturated rings. The summed E-state index contributed by atoms with van der Waals surface area (Å²) >= 11 is 0. The molecule has 1 N–H and O–H groups in total. The van der Waals surface area contributed by atoms with E-state index in [9.17, 15) is 0 Å². The fraction of sp³-hybridized carbons (Fsp3) is 1.00. The number of nitrogens with one attached hydrogen (secondary N) is 1. The second kappa shape index (κ2) is 2.89. The fourth-order valence-corrected chi connectivity index (χ4v) is 1.39. The summed E-state index contributed by atoms with van der Waals surface area (Å²) in [6.45, 7) is 8.03. The molecule has 1 unspecified atom stereocenters. The molecular weight excluding hydrogens is 124 g/mol. The van der Waals surface area contributed by atoms with E-state index in [0.717, 1.165) is 6.54 Å². The third-order valence-electron chi connectivity index (χ3n) is 2.39. The normalized spacial score (nSPS) is 32.4. The molecule has 1 aliphatic heterocycles. The Hall–Kier alpha value is -0.0800. The summed E-state index contributed by atoms with van der Waals surface area (Å²) in [5.74, 6) is 0. The Balaban J connectivity index is 2.22. The van der Waals surface area contributed by atoms with Gasteiger partial charge in [-0.1, -0.05) is 6.92 Å². The monoisotopic (exact) mass is 142 g/mol. The van der Waals surface area contributed by atoms with Gasteiger partial charge in [-0.2, -0.15) is 0 Å². The summed E-state index contributed by atoms with van der Waals surface area (Å²) in [4.78, 5) is 2.35. The van der Waals surface area contributed by atoms with Crippen LogP contribution in [0.25, 0.3) is 0 Å². The molecule has 0 spiro atoms. The van der Waals surface area contributed by atoms with E-state index in [0.29, 0.717) is 5.54 Å². The first-order valence-electron chi connectivity index (χ1n) is 4.10. The van der Waals surface area contributed by atoms with Crippen molar-refractivity contribution in [1.82, 2.24) is 10.2 Å². The van der Waals surface area contributed by atoms with E-state index in [1.54, 1.807) is 0 Å². The fourth-order valence-electron chi connectivity index (χ4n) is 1.39. The van der Waals surface area contributed by atoms with Gasteiger partial charge in [0.2, 0.25) is 0 Å². The van der Waals surface area contributed by atoms with E-state index in [-0.39, 0.29) is 0 Å². The highest BCUT2D eigenvalue weighted by Crippen LogP contribution is 2.17. The zero-order valence-corrected chi connectivity index (χ0v) is 7.28. The highest BCUT2D eigenvalue weighted by atomic mass is 15.2. The number of hydrogen-bond acceptors (Lipinski definition) is 2. The summed E-state index contributed by atoms with van der Waals surface area (Å²) in [5.41, 5.74) is 0.421. The average Bonchev–Trinajstić information content (AvgIpc) is 1.84. The standard InChI is InChI=1S/C8H18N2/c1-4-10(3)7-8(2)5-6-9-8/h9H,4-7H2,1-3H3. The van der Waals surface area contributed by atoms with Crippen molar-refractivity contribution < 1.29 is 0 Å². The number of rotatable bonds is 3. The summed E-state index contributed by atoms with van der Waals surface area (Å²) in [6.07, 6.45) is 1.33. The molecule has 1 heterocycles. The van der Waals surface area contributed by atoms with Crippen LogP contribution in [-0.4, -0.2) is 37.1 Å². The minimum atomic E-state index is 0.421. The third kappa shape index (κ3) is 1.70. The Labute approximate surface area is 63.6 Å². The van der Waals surface area contributed by atoms with Crippen LogP contribution in [0.1, 0.15) is 20.3 Å². The summed E-state index contributed by atoms with van der Waals surface area (Å²) in [6, 6.07) is 0. The topological polar surface area (TPSA) is 15.3 Å². The molecule has 0 aromatic rings. The van der Waals surface area contributed by atoms with Gasteiger partial charge in [-0.15, -0.1) is 0 Å². The van der Waals surface area contributed by atoms with Crippen molar-refractivity contribution in [3.63, 3.8) is 0 Å². The highest BCUT2D eigenvalue weighted by Gasteiger charge is 2.31. The molecule has 60 valence electrons. The zero-order chi connectivity index (χ0) is 7.61. The van der Waals surface area contributed by atoms with Gasteiger partial charge in [0.05, 0.1) is 0 Å². The molecule has 1 aliphatic rings. The lowest BCUT2D eigenvalue weighted by Crippen LogP contribution is -2.60. The SMILES string of the molecule is CCN(C)CC1(C)CCN1. The molecule has 0 aromatic heterocycles. The van der Waals surface area contributed by atoms with Crippen LogP contribution in [0.2, 0.25) is 0 Å². The number of likely N-dealkylation sites (N-methyl/N-ethyl adjacent to an activating group) is 1. The molecule has 2 nitrogen and oxygen atoms in total. The van der Waals surface area contributed by atoms with Gasteiger partial charge in [-0.3, -0.25) is 0 Å². The van der Waals surface area contributed by atoms with E-state index in [1.165, 1.54) is 19.5 Å². The lowest BCUT2D eigenvalue weighted by Gasteiger charge is -2.42.